The molecule has 1 heterocycles. The van der Waals surface area contributed by atoms with Gasteiger partial charge in [0.15, 0.2) is 0 Å². The number of fused-ring (bicyclic) bond motifs is 2. The lowest BCUT2D eigenvalue weighted by atomic mass is 9.98. The number of carbonyl (C=O) groups is 1. The second-order valence-corrected chi connectivity index (χ2v) is 6.48. The van der Waals surface area contributed by atoms with Crippen LogP contribution in [-0.4, -0.2) is 24.0 Å². The second kappa shape index (κ2) is 6.50. The Morgan fingerprint density at radius 1 is 1.36 bits per heavy atom. The van der Waals surface area contributed by atoms with Crippen LogP contribution in [0.25, 0.3) is 0 Å². The third kappa shape index (κ3) is 3.15. The molecule has 0 radical (unpaired) electrons. The summed E-state index contributed by atoms with van der Waals surface area (Å²) in [4.78, 5) is 12.4. The maximum Gasteiger partial charge on any atom is 0.238 e. The van der Waals surface area contributed by atoms with Gasteiger partial charge in [-0.3, -0.25) is 4.79 Å². The van der Waals surface area contributed by atoms with Crippen LogP contribution in [0.3, 0.4) is 0 Å². The molecule has 4 heteroatoms. The number of nitrogens with zero attached hydrogens (tertiary/aromatic N) is 1. The highest BCUT2D eigenvalue weighted by atomic mass is 16.2. The van der Waals surface area contributed by atoms with Gasteiger partial charge in [-0.15, -0.1) is 0 Å². The van der Waals surface area contributed by atoms with E-state index in [-0.39, 0.29) is 11.9 Å². The number of amides is 1. The summed E-state index contributed by atoms with van der Waals surface area (Å²) in [6, 6.07) is 10.4. The van der Waals surface area contributed by atoms with Gasteiger partial charge in [0.1, 0.15) is 6.04 Å². The number of hydrogen-bond acceptors (Lipinski definition) is 3. The van der Waals surface area contributed by atoms with E-state index in [4.69, 9.17) is 0 Å². The first kappa shape index (κ1) is 15.1. The van der Waals surface area contributed by atoms with Gasteiger partial charge >= 0.3 is 0 Å². The summed E-state index contributed by atoms with van der Waals surface area (Å²) < 4.78 is 0. The van der Waals surface area contributed by atoms with E-state index in [2.05, 4.69) is 35.8 Å². The molecule has 3 rings (SSSR count). The molecule has 0 spiro atoms. The van der Waals surface area contributed by atoms with Crippen LogP contribution in [0.4, 0.5) is 0 Å². The first-order chi connectivity index (χ1) is 10.7. The molecule has 1 saturated carbocycles. The van der Waals surface area contributed by atoms with Gasteiger partial charge < -0.3 is 10.6 Å². The largest absolute Gasteiger partial charge is 0.339 e. The van der Waals surface area contributed by atoms with Crippen molar-refractivity contribution in [3.63, 3.8) is 0 Å². The number of carbonyl (C=O) groups excluding carboxylic acids is 1. The molecule has 4 nitrogen and oxygen atoms in total. The van der Waals surface area contributed by atoms with Gasteiger partial charge in [-0.2, -0.15) is 5.26 Å². The van der Waals surface area contributed by atoms with Crippen LogP contribution < -0.4 is 10.6 Å². The zero-order valence-electron chi connectivity index (χ0n) is 13.0. The second-order valence-electron chi connectivity index (χ2n) is 6.48. The predicted molar refractivity (Wildman–Crippen MR) is 85.1 cm³/mol. The first-order valence-corrected chi connectivity index (χ1v) is 8.23. The molecule has 0 aromatic heterocycles. The van der Waals surface area contributed by atoms with E-state index in [1.165, 1.54) is 12.0 Å². The predicted octanol–water partition coefficient (Wildman–Crippen LogP) is 1.94. The van der Waals surface area contributed by atoms with Crippen LogP contribution in [-0.2, 0) is 17.6 Å². The van der Waals surface area contributed by atoms with Crippen LogP contribution in [0, 0.1) is 17.2 Å². The highest BCUT2D eigenvalue weighted by Gasteiger charge is 2.42. The summed E-state index contributed by atoms with van der Waals surface area (Å²) in [6.07, 6.45) is 4.99. The quantitative estimate of drug-likeness (QED) is 0.873. The molecule has 1 unspecified atom stereocenters. The van der Waals surface area contributed by atoms with Crippen molar-refractivity contribution in [3.05, 3.63) is 35.4 Å². The van der Waals surface area contributed by atoms with Crippen molar-refractivity contribution in [2.24, 2.45) is 5.92 Å². The SMILES string of the molecule is CCc1ccc(C[C@@H](C#N)NC(=O)[C@H]2N[C@@H]3CCC2C3)cc1. The maximum absolute atomic E-state index is 12.4. The molecule has 22 heavy (non-hydrogen) atoms. The van der Waals surface area contributed by atoms with Crippen LogP contribution in [0.5, 0.6) is 0 Å². The lowest BCUT2D eigenvalue weighted by molar-refractivity contribution is -0.124. The van der Waals surface area contributed by atoms with E-state index in [0.717, 1.165) is 24.8 Å². The third-order valence-electron chi connectivity index (χ3n) is 4.99. The lowest BCUT2D eigenvalue weighted by Crippen LogP contribution is -2.50. The highest BCUT2D eigenvalue weighted by molar-refractivity contribution is 5.83. The minimum atomic E-state index is -0.457. The van der Waals surface area contributed by atoms with E-state index in [1.807, 2.05) is 12.1 Å². The van der Waals surface area contributed by atoms with Crippen molar-refractivity contribution in [3.8, 4) is 6.07 Å². The Balaban J connectivity index is 1.57. The van der Waals surface area contributed by atoms with Crippen molar-refractivity contribution in [2.45, 2.75) is 57.2 Å². The first-order valence-electron chi connectivity index (χ1n) is 8.23. The van der Waals surface area contributed by atoms with Gasteiger partial charge in [0, 0.05) is 12.5 Å². The Bertz CT molecular complexity index is 575. The Morgan fingerprint density at radius 3 is 2.64 bits per heavy atom. The van der Waals surface area contributed by atoms with Gasteiger partial charge in [0.05, 0.1) is 12.1 Å². The van der Waals surface area contributed by atoms with Crippen LogP contribution in [0.2, 0.25) is 0 Å². The smallest absolute Gasteiger partial charge is 0.238 e. The number of nitriles is 1. The molecule has 2 N–H and O–H groups in total. The lowest BCUT2D eigenvalue weighted by Gasteiger charge is -2.23. The van der Waals surface area contributed by atoms with Gasteiger partial charge in [0.2, 0.25) is 5.91 Å². The van der Waals surface area contributed by atoms with Gasteiger partial charge in [-0.25, -0.2) is 0 Å². The summed E-state index contributed by atoms with van der Waals surface area (Å²) in [5.74, 6) is 0.442. The van der Waals surface area contributed by atoms with Gasteiger partial charge in [-0.05, 0) is 42.7 Å². The van der Waals surface area contributed by atoms with Crippen molar-refractivity contribution in [1.29, 1.82) is 5.26 Å². The van der Waals surface area contributed by atoms with Crippen LogP contribution in [0.1, 0.15) is 37.3 Å². The Labute approximate surface area is 131 Å². The fourth-order valence-corrected chi connectivity index (χ4v) is 3.69. The zero-order valence-corrected chi connectivity index (χ0v) is 13.0. The number of piperidine rings is 1. The number of hydrogen-bond donors (Lipinski definition) is 2. The standard InChI is InChI=1S/C18H23N3O/c1-2-12-3-5-13(6-4-12)9-16(11-19)21-18(22)17-14-7-8-15(10-14)20-17/h3-6,14-17,20H,2,7-10H2,1H3,(H,21,22)/t14?,15-,16+,17+/m1/s1. The minimum absolute atomic E-state index is 0.0103. The van der Waals surface area contributed by atoms with Gasteiger partial charge in [0.25, 0.3) is 0 Å². The number of aryl methyl sites for hydroxylation is 1. The Hall–Kier alpha value is -1.86. The average Bonchev–Trinajstić information content (AvgIpc) is 3.18. The molecule has 1 aliphatic heterocycles. The van der Waals surface area contributed by atoms with Crippen LogP contribution in [0.15, 0.2) is 24.3 Å². The van der Waals surface area contributed by atoms with Crippen molar-refractivity contribution in [1.82, 2.24) is 10.6 Å². The molecule has 2 fully saturated rings. The molecule has 116 valence electrons. The number of rotatable bonds is 5. The van der Waals surface area contributed by atoms with Crippen molar-refractivity contribution < 1.29 is 4.79 Å². The fourth-order valence-electron chi connectivity index (χ4n) is 3.69. The van der Waals surface area contributed by atoms with Gasteiger partial charge in [-0.1, -0.05) is 31.2 Å². The molecule has 1 aromatic rings. The van der Waals surface area contributed by atoms with Crippen molar-refractivity contribution >= 4 is 5.91 Å². The van der Waals surface area contributed by atoms with E-state index < -0.39 is 6.04 Å². The minimum Gasteiger partial charge on any atom is -0.339 e. The molecule has 1 amide bonds. The molecule has 2 aliphatic rings. The number of nitrogens with one attached hydrogen (secondary N) is 2. The highest BCUT2D eigenvalue weighted by Crippen LogP contribution is 2.35. The maximum atomic E-state index is 12.4. The van der Waals surface area contributed by atoms with E-state index in [1.54, 1.807) is 0 Å². The zero-order chi connectivity index (χ0) is 15.5. The Morgan fingerprint density at radius 2 is 2.09 bits per heavy atom. The summed E-state index contributed by atoms with van der Waals surface area (Å²) in [5.41, 5.74) is 2.37. The molecular weight excluding hydrogens is 274 g/mol. The molecule has 4 atom stereocenters. The summed E-state index contributed by atoms with van der Waals surface area (Å²) >= 11 is 0. The summed E-state index contributed by atoms with van der Waals surface area (Å²) in [7, 11) is 0. The topological polar surface area (TPSA) is 64.9 Å². The van der Waals surface area contributed by atoms with Crippen LogP contribution >= 0.6 is 0 Å². The van der Waals surface area contributed by atoms with E-state index in [9.17, 15) is 10.1 Å². The average molecular weight is 297 g/mol. The van der Waals surface area contributed by atoms with Crippen molar-refractivity contribution in [2.75, 3.05) is 0 Å². The molecule has 1 saturated heterocycles. The summed E-state index contributed by atoms with van der Waals surface area (Å²) in [5, 5.41) is 15.6. The molecular formula is C18H23N3O. The number of benzene rings is 1. The van der Waals surface area contributed by atoms with E-state index in [0.29, 0.717) is 18.4 Å². The monoisotopic (exact) mass is 297 g/mol. The third-order valence-corrected chi connectivity index (χ3v) is 4.99. The summed E-state index contributed by atoms with van der Waals surface area (Å²) in [6.45, 7) is 2.12. The Kier molecular flexibility index (Phi) is 4.44. The van der Waals surface area contributed by atoms with E-state index >= 15 is 0 Å². The normalized spacial score (nSPS) is 27.4. The molecule has 1 aromatic carbocycles. The molecule has 2 bridgehead atoms. The molecule has 1 aliphatic carbocycles. The fraction of sp³-hybridized carbons (Fsp3) is 0.556.